The maximum atomic E-state index is 10.8. The number of aromatic nitrogens is 2. The minimum absolute atomic E-state index is 0.0672. The largest absolute Gasteiger partial charge is 0.476 e. The van der Waals surface area contributed by atoms with Gasteiger partial charge in [-0.25, -0.2) is 14.8 Å². The van der Waals surface area contributed by atoms with Crippen LogP contribution in [0.2, 0.25) is 0 Å². The van der Waals surface area contributed by atoms with Gasteiger partial charge in [-0.3, -0.25) is 0 Å². The summed E-state index contributed by atoms with van der Waals surface area (Å²) in [6.07, 6.45) is 4.12. The number of aromatic carboxylic acids is 1. The van der Waals surface area contributed by atoms with E-state index in [4.69, 9.17) is 10.2 Å². The lowest BCUT2D eigenvalue weighted by molar-refractivity contribution is 0.0485. The molecule has 2 rings (SSSR count). The van der Waals surface area contributed by atoms with Crippen LogP contribution in [0.4, 0.5) is 5.82 Å². The smallest absolute Gasteiger partial charge is 0.358 e. The van der Waals surface area contributed by atoms with E-state index in [1.807, 2.05) is 0 Å². The van der Waals surface area contributed by atoms with Crippen molar-refractivity contribution in [1.82, 2.24) is 9.97 Å². The molecule has 0 unspecified atom stereocenters. The van der Waals surface area contributed by atoms with Gasteiger partial charge in [0.05, 0.1) is 6.10 Å². The summed E-state index contributed by atoms with van der Waals surface area (Å²) in [5, 5.41) is 20.9. The molecule has 3 N–H and O–H groups in total. The summed E-state index contributed by atoms with van der Waals surface area (Å²) in [6.45, 7) is 0.621. The van der Waals surface area contributed by atoms with Gasteiger partial charge in [0.1, 0.15) is 0 Å². The van der Waals surface area contributed by atoms with E-state index in [0.717, 1.165) is 12.8 Å². The second-order valence-corrected chi connectivity index (χ2v) is 3.93. The fourth-order valence-corrected chi connectivity index (χ4v) is 1.73. The number of anilines is 1. The fraction of sp³-hybridized carbons (Fsp3) is 0.500. The van der Waals surface area contributed by atoms with Gasteiger partial charge < -0.3 is 15.5 Å². The average molecular weight is 223 g/mol. The first-order chi connectivity index (χ1) is 7.66. The molecule has 6 heteroatoms. The van der Waals surface area contributed by atoms with E-state index in [0.29, 0.717) is 12.5 Å². The molecular formula is C10H13N3O3. The Morgan fingerprint density at radius 3 is 2.75 bits per heavy atom. The molecule has 0 saturated heterocycles. The molecule has 1 saturated carbocycles. The Bertz CT molecular complexity index is 391. The molecule has 0 aliphatic heterocycles. The molecule has 1 aromatic heterocycles. The zero-order chi connectivity index (χ0) is 11.5. The lowest BCUT2D eigenvalue weighted by Crippen LogP contribution is -2.33. The second-order valence-electron chi connectivity index (χ2n) is 3.93. The second kappa shape index (κ2) is 4.44. The highest BCUT2D eigenvalue weighted by molar-refractivity contribution is 5.90. The van der Waals surface area contributed by atoms with Crippen molar-refractivity contribution in [3.63, 3.8) is 0 Å². The lowest BCUT2D eigenvalue weighted by Gasteiger charge is -2.31. The Kier molecular flexibility index (Phi) is 3.00. The van der Waals surface area contributed by atoms with Crippen LogP contribution in [-0.2, 0) is 0 Å². The van der Waals surface area contributed by atoms with E-state index in [1.54, 1.807) is 0 Å². The van der Waals surface area contributed by atoms with Gasteiger partial charge in [0.15, 0.2) is 11.5 Å². The van der Waals surface area contributed by atoms with Crippen molar-refractivity contribution in [2.75, 3.05) is 11.9 Å². The van der Waals surface area contributed by atoms with Crippen molar-refractivity contribution in [2.24, 2.45) is 5.92 Å². The summed E-state index contributed by atoms with van der Waals surface area (Å²) in [4.78, 5) is 18.5. The van der Waals surface area contributed by atoms with Gasteiger partial charge in [-0.1, -0.05) is 0 Å². The number of hydrogen-bond acceptors (Lipinski definition) is 5. The highest BCUT2D eigenvalue weighted by Crippen LogP contribution is 2.27. The zero-order valence-electron chi connectivity index (χ0n) is 8.63. The van der Waals surface area contributed by atoms with Crippen molar-refractivity contribution in [3.05, 3.63) is 18.1 Å². The van der Waals surface area contributed by atoms with Crippen LogP contribution in [-0.4, -0.2) is 38.8 Å². The van der Waals surface area contributed by atoms with Gasteiger partial charge in [0.25, 0.3) is 0 Å². The van der Waals surface area contributed by atoms with Crippen molar-refractivity contribution in [3.8, 4) is 0 Å². The first-order valence-electron chi connectivity index (χ1n) is 5.13. The third-order valence-corrected chi connectivity index (χ3v) is 2.67. The first kappa shape index (κ1) is 10.8. The Morgan fingerprint density at radius 2 is 2.12 bits per heavy atom. The molecule has 0 atom stereocenters. The Balaban J connectivity index is 1.95. The molecule has 0 radical (unpaired) electrons. The zero-order valence-corrected chi connectivity index (χ0v) is 8.63. The summed E-state index contributed by atoms with van der Waals surface area (Å²) in [6, 6.07) is 0. The quantitative estimate of drug-likeness (QED) is 0.682. The number of nitrogens with one attached hydrogen (secondary N) is 1. The van der Waals surface area contributed by atoms with Gasteiger partial charge in [-0.05, 0) is 18.8 Å². The Labute approximate surface area is 92.4 Å². The maximum absolute atomic E-state index is 10.8. The van der Waals surface area contributed by atoms with Gasteiger partial charge in [-0.15, -0.1) is 0 Å². The van der Waals surface area contributed by atoms with Gasteiger partial charge in [0, 0.05) is 18.9 Å². The van der Waals surface area contributed by atoms with E-state index < -0.39 is 5.97 Å². The molecule has 1 aromatic rings. The number of carboxylic acids is 1. The van der Waals surface area contributed by atoms with Crippen LogP contribution < -0.4 is 5.32 Å². The number of hydrogen-bond donors (Lipinski definition) is 3. The van der Waals surface area contributed by atoms with Crippen molar-refractivity contribution in [1.29, 1.82) is 0 Å². The fourth-order valence-electron chi connectivity index (χ4n) is 1.73. The summed E-state index contributed by atoms with van der Waals surface area (Å²) in [5.41, 5.74) is -0.0672. The number of rotatable bonds is 4. The third-order valence-electron chi connectivity index (χ3n) is 2.67. The lowest BCUT2D eigenvalue weighted by atomic mass is 9.82. The topological polar surface area (TPSA) is 95.3 Å². The average Bonchev–Trinajstić information content (AvgIpc) is 2.23. The summed E-state index contributed by atoms with van der Waals surface area (Å²) in [5.74, 6) is -0.417. The number of carboxylic acid groups (broad SMARTS) is 1. The third kappa shape index (κ3) is 2.27. The van der Waals surface area contributed by atoms with Crippen LogP contribution in [0, 0.1) is 5.92 Å². The SMILES string of the molecule is O=C(O)c1nccnc1NCC1CC(O)C1. The Morgan fingerprint density at radius 1 is 1.44 bits per heavy atom. The van der Waals surface area contributed by atoms with Gasteiger partial charge in [-0.2, -0.15) is 0 Å². The summed E-state index contributed by atoms with van der Waals surface area (Å²) < 4.78 is 0. The number of aliphatic hydroxyl groups is 1. The molecule has 0 bridgehead atoms. The van der Waals surface area contributed by atoms with Crippen LogP contribution in [0.5, 0.6) is 0 Å². The molecule has 1 heterocycles. The van der Waals surface area contributed by atoms with Crippen LogP contribution in [0.15, 0.2) is 12.4 Å². The molecule has 0 aromatic carbocycles. The van der Waals surface area contributed by atoms with E-state index >= 15 is 0 Å². The molecular weight excluding hydrogens is 210 g/mol. The normalized spacial score (nSPS) is 23.6. The summed E-state index contributed by atoms with van der Waals surface area (Å²) in [7, 11) is 0. The van der Waals surface area contributed by atoms with Gasteiger partial charge >= 0.3 is 5.97 Å². The molecule has 1 aliphatic carbocycles. The maximum Gasteiger partial charge on any atom is 0.358 e. The van der Waals surface area contributed by atoms with Crippen molar-refractivity contribution in [2.45, 2.75) is 18.9 Å². The van der Waals surface area contributed by atoms with Crippen LogP contribution in [0.25, 0.3) is 0 Å². The predicted molar refractivity (Wildman–Crippen MR) is 56.2 cm³/mol. The number of carbonyl (C=O) groups is 1. The molecule has 6 nitrogen and oxygen atoms in total. The van der Waals surface area contributed by atoms with Crippen molar-refractivity contribution < 1.29 is 15.0 Å². The molecule has 16 heavy (non-hydrogen) atoms. The molecule has 1 fully saturated rings. The molecule has 86 valence electrons. The minimum Gasteiger partial charge on any atom is -0.476 e. The monoisotopic (exact) mass is 223 g/mol. The standard InChI is InChI=1S/C10H13N3O3/c14-7-3-6(4-7)5-13-9-8(10(15)16)11-1-2-12-9/h1-2,6-7,14H,3-5H2,(H,12,13)(H,15,16). The van der Waals surface area contributed by atoms with Gasteiger partial charge in [0.2, 0.25) is 0 Å². The Hall–Kier alpha value is -1.69. The van der Waals surface area contributed by atoms with Crippen LogP contribution >= 0.6 is 0 Å². The minimum atomic E-state index is -1.09. The highest BCUT2D eigenvalue weighted by atomic mass is 16.4. The first-order valence-corrected chi connectivity index (χ1v) is 5.13. The van der Waals surface area contributed by atoms with Crippen molar-refractivity contribution >= 4 is 11.8 Å². The molecule has 0 spiro atoms. The molecule has 1 aliphatic rings. The summed E-state index contributed by atoms with van der Waals surface area (Å²) >= 11 is 0. The predicted octanol–water partition coefficient (Wildman–Crippen LogP) is 0.358. The van der Waals surface area contributed by atoms with E-state index in [9.17, 15) is 4.79 Å². The van der Waals surface area contributed by atoms with Crippen LogP contribution in [0.3, 0.4) is 0 Å². The molecule has 0 amide bonds. The highest BCUT2D eigenvalue weighted by Gasteiger charge is 2.27. The number of nitrogens with zero attached hydrogens (tertiary/aromatic N) is 2. The van der Waals surface area contributed by atoms with E-state index in [2.05, 4.69) is 15.3 Å². The van der Waals surface area contributed by atoms with E-state index in [-0.39, 0.29) is 17.6 Å². The van der Waals surface area contributed by atoms with E-state index in [1.165, 1.54) is 12.4 Å². The van der Waals surface area contributed by atoms with Crippen LogP contribution in [0.1, 0.15) is 23.3 Å². The number of aliphatic hydroxyl groups excluding tert-OH is 1.